The number of hydrogen-bond donors (Lipinski definition) is 0. The number of para-hydroxylation sites is 1. The van der Waals surface area contributed by atoms with Crippen LogP contribution < -0.4 is 0 Å². The second kappa shape index (κ2) is 5.17. The highest BCUT2D eigenvalue weighted by atomic mass is 16.1. The molecule has 4 nitrogen and oxygen atoms in total. The number of imidazole rings is 1. The van der Waals surface area contributed by atoms with Crippen molar-refractivity contribution < 1.29 is 4.79 Å². The molecule has 0 spiro atoms. The molecular formula is C17H17N3O. The molecular weight excluding hydrogens is 262 g/mol. The molecule has 0 N–H and O–H groups in total. The van der Waals surface area contributed by atoms with Crippen molar-refractivity contribution in [2.24, 2.45) is 11.8 Å². The molecule has 3 atom stereocenters. The van der Waals surface area contributed by atoms with Crippen LogP contribution in [0.4, 0.5) is 0 Å². The molecule has 4 heteroatoms. The molecule has 106 valence electrons. The average molecular weight is 279 g/mol. The fraction of sp³-hybridized carbons (Fsp3) is 0.353. The highest BCUT2D eigenvalue weighted by molar-refractivity contribution is 5.73. The summed E-state index contributed by atoms with van der Waals surface area (Å²) in [5.74, 6) is 0.219. The number of carbonyl (C=O) groups is 1. The van der Waals surface area contributed by atoms with Gasteiger partial charge in [-0.25, -0.2) is 4.98 Å². The smallest absolute Gasteiger partial charge is 0.132 e. The third kappa shape index (κ3) is 2.36. The van der Waals surface area contributed by atoms with Gasteiger partial charge < -0.3 is 9.36 Å². The van der Waals surface area contributed by atoms with E-state index in [0.717, 1.165) is 30.5 Å². The lowest BCUT2D eigenvalue weighted by atomic mass is 9.96. The Bertz CT molecular complexity index is 686. The third-order valence-electron chi connectivity index (χ3n) is 4.34. The van der Waals surface area contributed by atoms with Crippen molar-refractivity contribution in [3.63, 3.8) is 0 Å². The summed E-state index contributed by atoms with van der Waals surface area (Å²) in [5, 5.41) is 8.92. The maximum absolute atomic E-state index is 11.6. The molecule has 3 rings (SSSR count). The SMILES string of the molecule is CC(C#N)C[C@H]1C[C@]1(C=O)c1cn(-c2ccccc2)cn1. The molecule has 1 aliphatic rings. The lowest BCUT2D eigenvalue weighted by Gasteiger charge is -2.07. The van der Waals surface area contributed by atoms with Gasteiger partial charge in [-0.3, -0.25) is 0 Å². The van der Waals surface area contributed by atoms with E-state index in [1.807, 2.05) is 48.0 Å². The summed E-state index contributed by atoms with van der Waals surface area (Å²) in [6.45, 7) is 1.90. The predicted molar refractivity (Wildman–Crippen MR) is 78.8 cm³/mol. The van der Waals surface area contributed by atoms with Crippen molar-refractivity contribution in [1.29, 1.82) is 5.26 Å². The Balaban J connectivity index is 1.83. The molecule has 1 aromatic carbocycles. The quantitative estimate of drug-likeness (QED) is 0.791. The van der Waals surface area contributed by atoms with Crippen LogP contribution in [0.5, 0.6) is 0 Å². The van der Waals surface area contributed by atoms with E-state index in [4.69, 9.17) is 5.26 Å². The lowest BCUT2D eigenvalue weighted by Crippen LogP contribution is -2.13. The van der Waals surface area contributed by atoms with E-state index in [-0.39, 0.29) is 11.8 Å². The van der Waals surface area contributed by atoms with Crippen LogP contribution in [-0.4, -0.2) is 15.8 Å². The Morgan fingerprint density at radius 1 is 1.52 bits per heavy atom. The van der Waals surface area contributed by atoms with E-state index in [1.165, 1.54) is 0 Å². The predicted octanol–water partition coefficient (Wildman–Crippen LogP) is 2.88. The van der Waals surface area contributed by atoms with Crippen LogP contribution in [-0.2, 0) is 10.2 Å². The Hall–Kier alpha value is -2.41. The normalized spacial score (nSPS) is 25.0. The zero-order valence-corrected chi connectivity index (χ0v) is 11.9. The van der Waals surface area contributed by atoms with Crippen LogP contribution >= 0.6 is 0 Å². The van der Waals surface area contributed by atoms with E-state index in [2.05, 4.69) is 11.1 Å². The van der Waals surface area contributed by atoms with E-state index in [1.54, 1.807) is 6.33 Å². The number of aromatic nitrogens is 2. The number of nitrogens with zero attached hydrogens (tertiary/aromatic N) is 3. The fourth-order valence-corrected chi connectivity index (χ4v) is 2.94. The van der Waals surface area contributed by atoms with Gasteiger partial charge in [-0.15, -0.1) is 0 Å². The molecule has 2 aromatic rings. The first-order valence-electron chi connectivity index (χ1n) is 7.15. The zero-order chi connectivity index (χ0) is 14.9. The van der Waals surface area contributed by atoms with Crippen LogP contribution in [0.2, 0.25) is 0 Å². The van der Waals surface area contributed by atoms with Gasteiger partial charge in [-0.05, 0) is 37.8 Å². The first kappa shape index (κ1) is 13.6. The van der Waals surface area contributed by atoms with Gasteiger partial charge in [0.25, 0.3) is 0 Å². The van der Waals surface area contributed by atoms with Crippen molar-refractivity contribution in [2.45, 2.75) is 25.2 Å². The molecule has 1 saturated carbocycles. The molecule has 1 aromatic heterocycles. The van der Waals surface area contributed by atoms with Crippen LogP contribution in [0, 0.1) is 23.2 Å². The first-order valence-corrected chi connectivity index (χ1v) is 7.15. The Morgan fingerprint density at radius 3 is 2.95 bits per heavy atom. The number of nitriles is 1. The summed E-state index contributed by atoms with van der Waals surface area (Å²) >= 11 is 0. The van der Waals surface area contributed by atoms with Gasteiger partial charge in [0.15, 0.2) is 0 Å². The minimum Gasteiger partial charge on any atom is -0.306 e. The summed E-state index contributed by atoms with van der Waals surface area (Å²) in [5.41, 5.74) is 1.36. The number of carbonyl (C=O) groups excluding carboxylic acids is 1. The number of benzene rings is 1. The first-order chi connectivity index (χ1) is 10.2. The maximum Gasteiger partial charge on any atom is 0.132 e. The largest absolute Gasteiger partial charge is 0.306 e. The van der Waals surface area contributed by atoms with Gasteiger partial charge in [0.05, 0.1) is 23.5 Å². The van der Waals surface area contributed by atoms with Gasteiger partial charge in [0.1, 0.15) is 6.29 Å². The molecule has 0 aliphatic heterocycles. The summed E-state index contributed by atoms with van der Waals surface area (Å²) in [6, 6.07) is 12.2. The Morgan fingerprint density at radius 2 is 2.29 bits per heavy atom. The molecule has 0 saturated heterocycles. The molecule has 1 unspecified atom stereocenters. The molecule has 0 amide bonds. The van der Waals surface area contributed by atoms with Crippen molar-refractivity contribution in [3.8, 4) is 11.8 Å². The number of aldehydes is 1. The van der Waals surface area contributed by atoms with E-state index in [0.29, 0.717) is 0 Å². The molecule has 1 fully saturated rings. The highest BCUT2D eigenvalue weighted by Crippen LogP contribution is 2.55. The topological polar surface area (TPSA) is 58.7 Å². The minimum absolute atomic E-state index is 0.0203. The summed E-state index contributed by atoms with van der Waals surface area (Å²) in [4.78, 5) is 16.0. The van der Waals surface area contributed by atoms with Gasteiger partial charge >= 0.3 is 0 Å². The van der Waals surface area contributed by atoms with Gasteiger partial charge in [0.2, 0.25) is 0 Å². The second-order valence-electron chi connectivity index (χ2n) is 5.83. The van der Waals surface area contributed by atoms with Crippen molar-refractivity contribution in [2.75, 3.05) is 0 Å². The van der Waals surface area contributed by atoms with Crippen LogP contribution in [0.15, 0.2) is 42.9 Å². The van der Waals surface area contributed by atoms with E-state index in [9.17, 15) is 4.79 Å². The maximum atomic E-state index is 11.6. The van der Waals surface area contributed by atoms with Crippen LogP contribution in [0.1, 0.15) is 25.5 Å². The fourth-order valence-electron chi connectivity index (χ4n) is 2.94. The summed E-state index contributed by atoms with van der Waals surface area (Å²) < 4.78 is 1.93. The van der Waals surface area contributed by atoms with Gasteiger partial charge in [0, 0.05) is 17.8 Å². The Kier molecular flexibility index (Phi) is 3.34. The third-order valence-corrected chi connectivity index (χ3v) is 4.34. The average Bonchev–Trinajstić information content (AvgIpc) is 3.00. The van der Waals surface area contributed by atoms with E-state index >= 15 is 0 Å². The molecule has 1 aliphatic carbocycles. The number of hydrogen-bond acceptors (Lipinski definition) is 3. The van der Waals surface area contributed by atoms with Crippen molar-refractivity contribution >= 4 is 6.29 Å². The zero-order valence-electron chi connectivity index (χ0n) is 11.9. The lowest BCUT2D eigenvalue weighted by molar-refractivity contribution is -0.110. The van der Waals surface area contributed by atoms with Crippen molar-refractivity contribution in [3.05, 3.63) is 48.5 Å². The number of rotatable bonds is 5. The Labute approximate surface area is 124 Å². The molecule has 0 radical (unpaired) electrons. The molecule has 0 bridgehead atoms. The van der Waals surface area contributed by atoms with Crippen molar-refractivity contribution in [1.82, 2.24) is 9.55 Å². The van der Waals surface area contributed by atoms with Crippen LogP contribution in [0.3, 0.4) is 0 Å². The molecule has 1 heterocycles. The monoisotopic (exact) mass is 279 g/mol. The summed E-state index contributed by atoms with van der Waals surface area (Å²) in [7, 11) is 0. The van der Waals surface area contributed by atoms with Gasteiger partial charge in [-0.1, -0.05) is 18.2 Å². The highest BCUT2D eigenvalue weighted by Gasteiger charge is 2.57. The minimum atomic E-state index is -0.481. The summed E-state index contributed by atoms with van der Waals surface area (Å²) in [6.07, 6.45) is 6.25. The van der Waals surface area contributed by atoms with Crippen LogP contribution in [0.25, 0.3) is 5.69 Å². The second-order valence-corrected chi connectivity index (χ2v) is 5.83. The molecule has 21 heavy (non-hydrogen) atoms. The van der Waals surface area contributed by atoms with E-state index < -0.39 is 5.41 Å². The standard InChI is InChI=1S/C17H17N3O/c1-13(9-18)7-14-8-17(14,11-21)16-10-20(12-19-16)15-5-3-2-4-6-15/h2-6,10-14H,7-8H2,1H3/t13?,14-,17+/m0/s1. The van der Waals surface area contributed by atoms with Gasteiger partial charge in [-0.2, -0.15) is 5.26 Å².